The van der Waals surface area contributed by atoms with Gasteiger partial charge in [0.25, 0.3) is 0 Å². The molecule has 7 nitrogen and oxygen atoms in total. The van der Waals surface area contributed by atoms with Crippen molar-refractivity contribution in [3.8, 4) is 0 Å². The highest BCUT2D eigenvalue weighted by molar-refractivity contribution is 6.18. The average Bonchev–Trinajstić information content (AvgIpc) is 2.63. The Bertz CT molecular complexity index is 790. The zero-order valence-corrected chi connectivity index (χ0v) is 22.2. The van der Waals surface area contributed by atoms with Crippen LogP contribution in [0, 0.1) is 12.3 Å². The molecule has 0 heterocycles. The van der Waals surface area contributed by atoms with Gasteiger partial charge in [-0.05, 0) is 56.4 Å². The van der Waals surface area contributed by atoms with Crippen molar-refractivity contribution in [1.82, 2.24) is 5.32 Å². The first kappa shape index (κ1) is 29.3. The molecule has 1 amide bonds. The van der Waals surface area contributed by atoms with Gasteiger partial charge in [-0.15, -0.1) is 23.2 Å². The molecule has 0 saturated carbocycles. The minimum atomic E-state index is -1.01. The van der Waals surface area contributed by atoms with Crippen molar-refractivity contribution in [2.24, 2.45) is 5.41 Å². The van der Waals surface area contributed by atoms with Crippen LogP contribution in [0.2, 0.25) is 0 Å². The molecule has 0 aliphatic carbocycles. The summed E-state index contributed by atoms with van der Waals surface area (Å²) >= 11 is 11.8. The van der Waals surface area contributed by atoms with Crippen LogP contribution in [0.1, 0.15) is 65.0 Å². The van der Waals surface area contributed by atoms with Crippen molar-refractivity contribution < 1.29 is 24.3 Å². The topological polar surface area (TPSA) is 88.1 Å². The summed E-state index contributed by atoms with van der Waals surface area (Å²) in [6.45, 7) is 14.1. The molecule has 9 heteroatoms. The number of anilines is 1. The van der Waals surface area contributed by atoms with E-state index >= 15 is 0 Å². The van der Waals surface area contributed by atoms with Gasteiger partial charge in [0.2, 0.25) is 0 Å². The van der Waals surface area contributed by atoms with Crippen LogP contribution >= 0.6 is 23.2 Å². The van der Waals surface area contributed by atoms with Crippen LogP contribution in [0.3, 0.4) is 0 Å². The highest BCUT2D eigenvalue weighted by Gasteiger charge is 2.37. The predicted molar refractivity (Wildman–Crippen MR) is 134 cm³/mol. The lowest BCUT2D eigenvalue weighted by atomic mass is 9.70. The number of rotatable bonds is 11. The normalized spacial score (nSPS) is 13.8. The number of carboxylic acids is 1. The number of aliphatic carboxylic acids is 1. The highest BCUT2D eigenvalue weighted by atomic mass is 35.5. The Morgan fingerprint density at radius 3 is 2.24 bits per heavy atom. The lowest BCUT2D eigenvalue weighted by molar-refractivity contribution is -0.137. The molecular weight excluding hydrogens is 467 g/mol. The van der Waals surface area contributed by atoms with E-state index in [1.165, 1.54) is 0 Å². The number of hydroxylamine groups is 1. The van der Waals surface area contributed by atoms with Crippen LogP contribution in [0.5, 0.6) is 0 Å². The van der Waals surface area contributed by atoms with Crippen molar-refractivity contribution in [3.05, 3.63) is 29.3 Å². The molecule has 1 unspecified atom stereocenters. The van der Waals surface area contributed by atoms with Gasteiger partial charge in [0.05, 0.1) is 25.3 Å². The number of carboxylic acid groups (broad SMARTS) is 1. The number of hydrogen-bond acceptors (Lipinski definition) is 5. The Labute approximate surface area is 207 Å². The number of halogens is 2. The van der Waals surface area contributed by atoms with Gasteiger partial charge in [-0.1, -0.05) is 26.8 Å². The first-order valence-corrected chi connectivity index (χ1v) is 12.1. The standard InChI is InChI=1S/C24H38Cl2N2O5/c1-16-8-9-17(28(12-10-25)32-13-11-26)14-18(16)21(23(2,3)4)19(15-20(29)30)27-22(31)33-24(5,6)7/h8-9,14,19,21H,10-13,15H2,1-7H3,(H,27,31)(H,29,30)/t19-,21?/m1/s1. The van der Waals surface area contributed by atoms with Crippen LogP contribution in [0.25, 0.3) is 0 Å². The van der Waals surface area contributed by atoms with Crippen molar-refractivity contribution in [3.63, 3.8) is 0 Å². The summed E-state index contributed by atoms with van der Waals surface area (Å²) in [5.41, 5.74) is 1.58. The summed E-state index contributed by atoms with van der Waals surface area (Å²) in [4.78, 5) is 30.1. The van der Waals surface area contributed by atoms with E-state index < -0.39 is 23.7 Å². The molecule has 0 aliphatic heterocycles. The number of aryl methyl sites for hydroxylation is 1. The van der Waals surface area contributed by atoms with E-state index in [1.54, 1.807) is 25.8 Å². The van der Waals surface area contributed by atoms with Gasteiger partial charge in [0.15, 0.2) is 0 Å². The molecule has 0 aliphatic rings. The number of nitrogens with one attached hydrogen (secondary N) is 1. The van der Waals surface area contributed by atoms with Gasteiger partial charge in [-0.3, -0.25) is 14.7 Å². The maximum absolute atomic E-state index is 12.6. The number of benzene rings is 1. The van der Waals surface area contributed by atoms with Crippen LogP contribution in [-0.4, -0.2) is 53.7 Å². The molecule has 33 heavy (non-hydrogen) atoms. The summed E-state index contributed by atoms with van der Waals surface area (Å²) in [6, 6.07) is 5.15. The SMILES string of the molecule is Cc1ccc(N(CCCl)OCCCl)cc1C([C@@H](CC(=O)O)NC(=O)OC(C)(C)C)C(C)(C)C. The van der Waals surface area contributed by atoms with Gasteiger partial charge in [0, 0.05) is 23.7 Å². The zero-order chi connectivity index (χ0) is 25.4. The van der Waals surface area contributed by atoms with Crippen molar-refractivity contribution in [2.75, 3.05) is 30.0 Å². The highest BCUT2D eigenvalue weighted by Crippen LogP contribution is 2.41. The molecule has 1 aromatic carbocycles. The van der Waals surface area contributed by atoms with Crippen molar-refractivity contribution in [2.45, 2.75) is 72.4 Å². The number of hydrogen-bond donors (Lipinski definition) is 2. The molecule has 188 valence electrons. The van der Waals surface area contributed by atoms with Gasteiger partial charge >= 0.3 is 12.1 Å². The molecule has 0 radical (unpaired) electrons. The number of nitrogens with zero attached hydrogens (tertiary/aromatic N) is 1. The lowest BCUT2D eigenvalue weighted by Crippen LogP contribution is -2.46. The van der Waals surface area contributed by atoms with E-state index in [4.69, 9.17) is 32.8 Å². The smallest absolute Gasteiger partial charge is 0.407 e. The van der Waals surface area contributed by atoms with E-state index in [2.05, 4.69) is 5.32 Å². The fraction of sp³-hybridized carbons (Fsp3) is 0.667. The lowest BCUT2D eigenvalue weighted by Gasteiger charge is -2.39. The van der Waals surface area contributed by atoms with E-state index in [1.807, 2.05) is 45.9 Å². The third-order valence-corrected chi connectivity index (χ3v) is 5.25. The van der Waals surface area contributed by atoms with Crippen molar-refractivity contribution in [1.29, 1.82) is 0 Å². The monoisotopic (exact) mass is 504 g/mol. The maximum Gasteiger partial charge on any atom is 0.407 e. The first-order valence-electron chi connectivity index (χ1n) is 11.0. The minimum Gasteiger partial charge on any atom is -0.481 e. The Morgan fingerprint density at radius 2 is 1.76 bits per heavy atom. The van der Waals surface area contributed by atoms with Gasteiger partial charge in [-0.2, -0.15) is 0 Å². The number of carbonyl (C=O) groups is 2. The minimum absolute atomic E-state index is 0.251. The summed E-state index contributed by atoms with van der Waals surface area (Å²) in [5.74, 6) is -0.640. The molecule has 1 rings (SSSR count). The predicted octanol–water partition coefficient (Wildman–Crippen LogP) is 5.71. The van der Waals surface area contributed by atoms with E-state index in [0.29, 0.717) is 24.9 Å². The molecule has 2 N–H and O–H groups in total. The molecule has 0 bridgehead atoms. The van der Waals surface area contributed by atoms with Crippen molar-refractivity contribution >= 4 is 41.0 Å². The number of alkyl halides is 2. The number of ether oxygens (including phenoxy) is 1. The summed E-state index contributed by atoms with van der Waals surface area (Å²) < 4.78 is 5.42. The van der Waals surface area contributed by atoms with Gasteiger partial charge in [0.1, 0.15) is 5.60 Å². The van der Waals surface area contributed by atoms with E-state index in [0.717, 1.165) is 16.8 Å². The molecule has 0 aromatic heterocycles. The summed E-state index contributed by atoms with van der Waals surface area (Å²) in [7, 11) is 0. The fourth-order valence-corrected chi connectivity index (χ4v) is 4.02. The number of alkyl carbamates (subject to hydrolysis) is 1. The second kappa shape index (κ2) is 12.7. The zero-order valence-electron chi connectivity index (χ0n) is 20.7. The third kappa shape index (κ3) is 9.98. The van der Waals surface area contributed by atoms with Crippen LogP contribution in [0.15, 0.2) is 18.2 Å². The summed E-state index contributed by atoms with van der Waals surface area (Å²) in [5, 5.41) is 14.1. The largest absolute Gasteiger partial charge is 0.481 e. The van der Waals surface area contributed by atoms with Gasteiger partial charge < -0.3 is 15.2 Å². The Hall–Kier alpha value is -1.70. The average molecular weight is 505 g/mol. The first-order chi connectivity index (χ1) is 15.2. The van der Waals surface area contributed by atoms with Gasteiger partial charge in [-0.25, -0.2) is 4.79 Å². The fourth-order valence-electron chi connectivity index (χ4n) is 3.79. The number of amides is 1. The number of carbonyl (C=O) groups excluding carboxylic acids is 1. The maximum atomic E-state index is 12.6. The molecule has 1 aromatic rings. The van der Waals surface area contributed by atoms with Crippen LogP contribution < -0.4 is 10.4 Å². The Morgan fingerprint density at radius 1 is 1.12 bits per heavy atom. The van der Waals surface area contributed by atoms with Crippen LogP contribution in [0.4, 0.5) is 10.5 Å². The molecule has 0 saturated heterocycles. The summed E-state index contributed by atoms with van der Waals surface area (Å²) in [6.07, 6.45) is -0.898. The molecule has 0 fully saturated rings. The second-order valence-electron chi connectivity index (χ2n) is 10.0. The Kier molecular flexibility index (Phi) is 11.3. The third-order valence-electron chi connectivity index (χ3n) is 4.93. The quantitative estimate of drug-likeness (QED) is 0.296. The Balaban J connectivity index is 3.49. The van der Waals surface area contributed by atoms with E-state index in [9.17, 15) is 14.7 Å². The molecule has 2 atom stereocenters. The van der Waals surface area contributed by atoms with E-state index in [-0.39, 0.29) is 17.8 Å². The molecular formula is C24H38Cl2N2O5. The second-order valence-corrected chi connectivity index (χ2v) is 10.8. The van der Waals surface area contributed by atoms with Crippen LogP contribution in [-0.2, 0) is 14.4 Å². The molecule has 0 spiro atoms.